The van der Waals surface area contributed by atoms with Crippen LogP contribution in [0.3, 0.4) is 0 Å². The maximum Gasteiger partial charge on any atom is 0.125 e. The molecular weight excluding hydrogens is 290 g/mol. The van der Waals surface area contributed by atoms with Crippen molar-refractivity contribution in [3.63, 3.8) is 0 Å². The van der Waals surface area contributed by atoms with Crippen LogP contribution >= 0.6 is 11.6 Å². The van der Waals surface area contributed by atoms with Gasteiger partial charge in [0, 0.05) is 30.8 Å². The van der Waals surface area contributed by atoms with Crippen LogP contribution in [0.4, 0.5) is 0 Å². The molecule has 0 radical (unpaired) electrons. The molecule has 1 saturated carbocycles. The van der Waals surface area contributed by atoms with Gasteiger partial charge in [-0.2, -0.15) is 0 Å². The molecule has 0 heterocycles. The highest BCUT2D eigenvalue weighted by atomic mass is 35.5. The quantitative estimate of drug-likeness (QED) is 0.725. The van der Waals surface area contributed by atoms with E-state index < -0.39 is 5.60 Å². The molecule has 1 fully saturated rings. The van der Waals surface area contributed by atoms with E-state index in [0.29, 0.717) is 24.8 Å². The molecule has 1 aliphatic rings. The Kier molecular flexibility index (Phi) is 6.30. The number of benzene rings is 1. The van der Waals surface area contributed by atoms with Gasteiger partial charge in [-0.05, 0) is 25.0 Å². The summed E-state index contributed by atoms with van der Waals surface area (Å²) in [6.45, 7) is 2.36. The zero-order chi connectivity index (χ0) is 15.1. The Hall–Kier alpha value is -0.810. The molecule has 1 aromatic rings. The zero-order valence-corrected chi connectivity index (χ0v) is 13.3. The maximum absolute atomic E-state index is 10.4. The summed E-state index contributed by atoms with van der Waals surface area (Å²) in [6, 6.07) is 5.62. The summed E-state index contributed by atoms with van der Waals surface area (Å²) in [5.74, 6) is 0.743. The summed E-state index contributed by atoms with van der Waals surface area (Å²) in [7, 11) is 1.67. The molecule has 2 rings (SSSR count). The number of aliphatic hydroxyl groups is 1. The topological polar surface area (TPSA) is 50.7 Å². The summed E-state index contributed by atoms with van der Waals surface area (Å²) < 4.78 is 10.9. The standard InChI is InChI=1S/C16H24ClNO3/c1-20-10-9-18-11-13-14(17)5-4-6-15(13)21-12-16(19)7-2-3-8-16/h4-6,18-19H,2-3,7-12H2,1H3. The molecule has 1 aromatic carbocycles. The van der Waals surface area contributed by atoms with E-state index in [1.807, 2.05) is 18.2 Å². The van der Waals surface area contributed by atoms with Crippen LogP contribution in [0.2, 0.25) is 5.02 Å². The fraction of sp³-hybridized carbons (Fsp3) is 0.625. The molecule has 0 spiro atoms. The van der Waals surface area contributed by atoms with E-state index in [9.17, 15) is 5.11 Å². The lowest BCUT2D eigenvalue weighted by molar-refractivity contribution is 0.00111. The number of hydrogen-bond donors (Lipinski definition) is 2. The SMILES string of the molecule is COCCNCc1c(Cl)cccc1OCC1(O)CCCC1. The fourth-order valence-electron chi connectivity index (χ4n) is 2.62. The molecule has 0 atom stereocenters. The predicted molar refractivity (Wildman–Crippen MR) is 83.9 cm³/mol. The fourth-order valence-corrected chi connectivity index (χ4v) is 2.86. The lowest BCUT2D eigenvalue weighted by Crippen LogP contribution is -2.32. The van der Waals surface area contributed by atoms with E-state index in [1.54, 1.807) is 7.11 Å². The van der Waals surface area contributed by atoms with Gasteiger partial charge < -0.3 is 19.9 Å². The smallest absolute Gasteiger partial charge is 0.125 e. The van der Waals surface area contributed by atoms with Crippen molar-refractivity contribution in [2.75, 3.05) is 26.9 Å². The molecule has 2 N–H and O–H groups in total. The second-order valence-electron chi connectivity index (χ2n) is 5.61. The largest absolute Gasteiger partial charge is 0.490 e. The first kappa shape index (κ1) is 16.6. The molecule has 0 amide bonds. The van der Waals surface area contributed by atoms with Crippen LogP contribution in [0.15, 0.2) is 18.2 Å². The van der Waals surface area contributed by atoms with Crippen LogP contribution in [-0.2, 0) is 11.3 Å². The third-order valence-corrected chi connectivity index (χ3v) is 4.25. The highest BCUT2D eigenvalue weighted by Crippen LogP contribution is 2.32. The van der Waals surface area contributed by atoms with E-state index >= 15 is 0 Å². The Balaban J connectivity index is 1.96. The summed E-state index contributed by atoms with van der Waals surface area (Å²) in [4.78, 5) is 0. The van der Waals surface area contributed by atoms with Gasteiger partial charge in [-0.25, -0.2) is 0 Å². The highest BCUT2D eigenvalue weighted by Gasteiger charge is 2.32. The van der Waals surface area contributed by atoms with E-state index in [1.165, 1.54) is 0 Å². The van der Waals surface area contributed by atoms with Gasteiger partial charge in [-0.15, -0.1) is 0 Å². The van der Waals surface area contributed by atoms with E-state index in [2.05, 4.69) is 5.32 Å². The van der Waals surface area contributed by atoms with Crippen molar-refractivity contribution in [1.82, 2.24) is 5.32 Å². The van der Waals surface area contributed by atoms with Crippen molar-refractivity contribution in [2.24, 2.45) is 0 Å². The monoisotopic (exact) mass is 313 g/mol. The number of ether oxygens (including phenoxy) is 2. The van der Waals surface area contributed by atoms with Crippen molar-refractivity contribution in [3.8, 4) is 5.75 Å². The molecule has 21 heavy (non-hydrogen) atoms. The van der Waals surface area contributed by atoms with Gasteiger partial charge in [0.25, 0.3) is 0 Å². The maximum atomic E-state index is 10.4. The van der Waals surface area contributed by atoms with Crippen LogP contribution in [0.1, 0.15) is 31.2 Å². The minimum Gasteiger partial charge on any atom is -0.490 e. The summed E-state index contributed by atoms with van der Waals surface area (Å²) in [5, 5.41) is 14.3. The lowest BCUT2D eigenvalue weighted by atomic mass is 10.0. The van der Waals surface area contributed by atoms with Crippen molar-refractivity contribution in [1.29, 1.82) is 0 Å². The molecule has 0 bridgehead atoms. The molecule has 0 aromatic heterocycles. The van der Waals surface area contributed by atoms with Crippen molar-refractivity contribution >= 4 is 11.6 Å². The van der Waals surface area contributed by atoms with Gasteiger partial charge in [0.15, 0.2) is 0 Å². The van der Waals surface area contributed by atoms with Gasteiger partial charge in [-0.3, -0.25) is 0 Å². The molecule has 0 saturated heterocycles. The number of rotatable bonds is 8. The van der Waals surface area contributed by atoms with Crippen molar-refractivity contribution < 1.29 is 14.6 Å². The first-order valence-corrected chi connectivity index (χ1v) is 7.85. The number of methoxy groups -OCH3 is 1. The molecule has 5 heteroatoms. The van der Waals surface area contributed by atoms with Crippen LogP contribution in [0.5, 0.6) is 5.75 Å². The van der Waals surface area contributed by atoms with E-state index in [4.69, 9.17) is 21.1 Å². The molecular formula is C16H24ClNO3. The highest BCUT2D eigenvalue weighted by molar-refractivity contribution is 6.31. The van der Waals surface area contributed by atoms with Gasteiger partial charge in [0.2, 0.25) is 0 Å². The van der Waals surface area contributed by atoms with E-state index in [-0.39, 0.29) is 0 Å². The van der Waals surface area contributed by atoms with E-state index in [0.717, 1.165) is 43.5 Å². The molecule has 4 nitrogen and oxygen atoms in total. The number of hydrogen-bond acceptors (Lipinski definition) is 4. The van der Waals surface area contributed by atoms with Gasteiger partial charge in [-0.1, -0.05) is 30.5 Å². The first-order valence-electron chi connectivity index (χ1n) is 7.47. The molecule has 0 unspecified atom stereocenters. The number of nitrogens with one attached hydrogen (secondary N) is 1. The van der Waals surface area contributed by atoms with Gasteiger partial charge >= 0.3 is 0 Å². The second kappa shape index (κ2) is 7.99. The Morgan fingerprint density at radius 3 is 2.81 bits per heavy atom. The van der Waals surface area contributed by atoms with Crippen LogP contribution in [0, 0.1) is 0 Å². The average molecular weight is 314 g/mol. The molecule has 0 aliphatic heterocycles. The normalized spacial score (nSPS) is 17.1. The number of halogens is 1. The van der Waals surface area contributed by atoms with Crippen molar-refractivity contribution in [3.05, 3.63) is 28.8 Å². The molecule has 1 aliphatic carbocycles. The van der Waals surface area contributed by atoms with Crippen LogP contribution in [-0.4, -0.2) is 37.6 Å². The summed E-state index contributed by atoms with van der Waals surface area (Å²) in [6.07, 6.45) is 3.77. The first-order chi connectivity index (χ1) is 10.1. The lowest BCUT2D eigenvalue weighted by Gasteiger charge is -2.23. The third kappa shape index (κ3) is 4.85. The Bertz CT molecular complexity index is 447. The van der Waals surface area contributed by atoms with Crippen LogP contribution < -0.4 is 10.1 Å². The van der Waals surface area contributed by atoms with Gasteiger partial charge in [0.05, 0.1) is 12.2 Å². The minimum atomic E-state index is -0.678. The average Bonchev–Trinajstić information content (AvgIpc) is 2.90. The Labute approximate surface area is 131 Å². The second-order valence-corrected chi connectivity index (χ2v) is 6.01. The predicted octanol–water partition coefficient (Wildman–Crippen LogP) is 2.76. The zero-order valence-electron chi connectivity index (χ0n) is 12.5. The van der Waals surface area contributed by atoms with Crippen molar-refractivity contribution in [2.45, 2.75) is 37.8 Å². The summed E-state index contributed by atoms with van der Waals surface area (Å²) in [5.41, 5.74) is 0.250. The van der Waals surface area contributed by atoms with Crippen LogP contribution in [0.25, 0.3) is 0 Å². The Morgan fingerprint density at radius 2 is 2.10 bits per heavy atom. The minimum absolute atomic E-state index is 0.332. The third-order valence-electron chi connectivity index (χ3n) is 3.89. The molecule has 118 valence electrons. The van der Waals surface area contributed by atoms with Gasteiger partial charge in [0.1, 0.15) is 12.4 Å². The summed E-state index contributed by atoms with van der Waals surface area (Å²) >= 11 is 6.26. The Morgan fingerprint density at radius 1 is 1.33 bits per heavy atom.